The first-order valence-electron chi connectivity index (χ1n) is 4.30. The second kappa shape index (κ2) is 4.81. The molecule has 0 aromatic heterocycles. The average molecular weight is 248 g/mol. The lowest BCUT2D eigenvalue weighted by Crippen LogP contribution is -2.25. The standard InChI is InChI=1S/C9H8F4N4/c10-7-2-5(4-16-17-8(14)15)1-6(3-7)9(11,12)13/h1-4H,(H4,14,15,17). The maximum absolute atomic E-state index is 12.9. The lowest BCUT2D eigenvalue weighted by Gasteiger charge is -2.07. The maximum Gasteiger partial charge on any atom is 0.416 e. The van der Waals surface area contributed by atoms with Crippen LogP contribution in [-0.2, 0) is 6.18 Å². The van der Waals surface area contributed by atoms with Gasteiger partial charge in [-0.15, -0.1) is 0 Å². The van der Waals surface area contributed by atoms with E-state index in [1.165, 1.54) is 0 Å². The summed E-state index contributed by atoms with van der Waals surface area (Å²) in [6.07, 6.45) is -3.70. The third-order valence-corrected chi connectivity index (χ3v) is 1.65. The molecule has 0 aliphatic rings. The van der Waals surface area contributed by atoms with E-state index in [1.807, 2.05) is 5.43 Å². The Kier molecular flexibility index (Phi) is 3.66. The number of hydrogen-bond donors (Lipinski definition) is 3. The molecule has 0 unspecified atom stereocenters. The minimum absolute atomic E-state index is 0.0916. The predicted octanol–water partition coefficient (Wildman–Crippen LogP) is 1.66. The molecule has 1 aromatic rings. The Hall–Kier alpha value is -2.12. The van der Waals surface area contributed by atoms with Crippen LogP contribution < -0.4 is 11.2 Å². The lowest BCUT2D eigenvalue weighted by atomic mass is 10.1. The van der Waals surface area contributed by atoms with E-state index >= 15 is 0 Å². The number of rotatable bonds is 2. The highest BCUT2D eigenvalue weighted by molar-refractivity contribution is 5.82. The minimum Gasteiger partial charge on any atom is -0.369 e. The van der Waals surface area contributed by atoms with E-state index in [-0.39, 0.29) is 5.56 Å². The molecule has 0 saturated carbocycles. The van der Waals surface area contributed by atoms with E-state index in [2.05, 4.69) is 5.10 Å². The van der Waals surface area contributed by atoms with Crippen LogP contribution in [0.25, 0.3) is 0 Å². The molecule has 8 heteroatoms. The molecule has 1 aromatic carbocycles. The van der Waals surface area contributed by atoms with E-state index in [4.69, 9.17) is 11.1 Å². The van der Waals surface area contributed by atoms with Crippen molar-refractivity contribution in [2.24, 2.45) is 10.8 Å². The van der Waals surface area contributed by atoms with Gasteiger partial charge in [0.1, 0.15) is 5.82 Å². The summed E-state index contributed by atoms with van der Waals surface area (Å²) in [5.74, 6) is -1.50. The predicted molar refractivity (Wildman–Crippen MR) is 54.0 cm³/mol. The van der Waals surface area contributed by atoms with Gasteiger partial charge in [0.25, 0.3) is 0 Å². The summed E-state index contributed by atoms with van der Waals surface area (Å²) in [5.41, 5.74) is 5.69. The highest BCUT2D eigenvalue weighted by Crippen LogP contribution is 2.30. The fourth-order valence-corrected chi connectivity index (χ4v) is 1.03. The monoisotopic (exact) mass is 248 g/mol. The van der Waals surface area contributed by atoms with Crippen LogP contribution >= 0.6 is 0 Å². The molecule has 4 nitrogen and oxygen atoms in total. The topological polar surface area (TPSA) is 74.3 Å². The summed E-state index contributed by atoms with van der Waals surface area (Å²) in [7, 11) is 0. The van der Waals surface area contributed by atoms with Crippen LogP contribution in [-0.4, -0.2) is 12.2 Å². The van der Waals surface area contributed by atoms with Gasteiger partial charge in [-0.2, -0.15) is 18.3 Å². The molecule has 0 fully saturated rings. The molecule has 0 aliphatic heterocycles. The Morgan fingerprint density at radius 2 is 2.00 bits per heavy atom. The summed E-state index contributed by atoms with van der Waals surface area (Å²) in [6, 6.07) is 1.99. The van der Waals surface area contributed by atoms with Crippen molar-refractivity contribution in [3.8, 4) is 0 Å². The number of nitrogens with one attached hydrogen (secondary N) is 2. The smallest absolute Gasteiger partial charge is 0.369 e. The molecule has 4 N–H and O–H groups in total. The number of alkyl halides is 3. The normalized spacial score (nSPS) is 11.8. The molecule has 0 atom stereocenters. The molecule has 0 amide bonds. The number of halogens is 4. The fraction of sp³-hybridized carbons (Fsp3) is 0.111. The largest absolute Gasteiger partial charge is 0.416 e. The van der Waals surface area contributed by atoms with Crippen LogP contribution in [0.1, 0.15) is 11.1 Å². The van der Waals surface area contributed by atoms with E-state index in [0.717, 1.165) is 18.3 Å². The summed E-state index contributed by atoms with van der Waals surface area (Å²) < 4.78 is 49.8. The minimum atomic E-state index is -4.63. The van der Waals surface area contributed by atoms with Crippen molar-refractivity contribution in [3.05, 3.63) is 35.1 Å². The fourth-order valence-electron chi connectivity index (χ4n) is 1.03. The van der Waals surface area contributed by atoms with Gasteiger partial charge in [-0.1, -0.05) is 0 Å². The van der Waals surface area contributed by atoms with Gasteiger partial charge < -0.3 is 5.73 Å². The zero-order chi connectivity index (χ0) is 13.1. The van der Waals surface area contributed by atoms with Crippen LogP contribution in [0.4, 0.5) is 17.6 Å². The molecule has 0 bridgehead atoms. The number of nitrogens with zero attached hydrogens (tertiary/aromatic N) is 1. The third kappa shape index (κ3) is 4.09. The zero-order valence-corrected chi connectivity index (χ0v) is 8.35. The van der Waals surface area contributed by atoms with Crippen molar-refractivity contribution < 1.29 is 17.6 Å². The van der Waals surface area contributed by atoms with E-state index in [1.54, 1.807) is 0 Å². The second-order valence-electron chi connectivity index (χ2n) is 3.05. The van der Waals surface area contributed by atoms with E-state index in [0.29, 0.717) is 6.07 Å². The first-order valence-corrected chi connectivity index (χ1v) is 4.30. The first kappa shape index (κ1) is 12.9. The third-order valence-electron chi connectivity index (χ3n) is 1.65. The van der Waals surface area contributed by atoms with Crippen molar-refractivity contribution in [2.75, 3.05) is 0 Å². The molecule has 1 rings (SSSR count). The first-order chi connectivity index (χ1) is 7.79. The van der Waals surface area contributed by atoms with Crippen LogP contribution in [0.15, 0.2) is 23.3 Å². The number of benzene rings is 1. The van der Waals surface area contributed by atoms with Crippen LogP contribution in [0.2, 0.25) is 0 Å². The number of nitrogens with two attached hydrogens (primary N) is 1. The second-order valence-corrected chi connectivity index (χ2v) is 3.05. The van der Waals surface area contributed by atoms with Crippen molar-refractivity contribution in [1.82, 2.24) is 5.43 Å². The summed E-state index contributed by atoms with van der Waals surface area (Å²) >= 11 is 0. The zero-order valence-electron chi connectivity index (χ0n) is 8.35. The van der Waals surface area contributed by atoms with Gasteiger partial charge in [-0.3, -0.25) is 5.41 Å². The number of hydrazone groups is 1. The van der Waals surface area contributed by atoms with Crippen molar-refractivity contribution in [1.29, 1.82) is 5.41 Å². The Labute approximate surface area is 93.6 Å². The van der Waals surface area contributed by atoms with Crippen LogP contribution in [0.3, 0.4) is 0 Å². The Morgan fingerprint density at radius 3 is 2.53 bits per heavy atom. The maximum atomic E-state index is 12.9. The van der Waals surface area contributed by atoms with Crippen molar-refractivity contribution >= 4 is 12.2 Å². The molecule has 17 heavy (non-hydrogen) atoms. The Morgan fingerprint density at radius 1 is 1.35 bits per heavy atom. The molecule has 92 valence electrons. The summed E-state index contributed by atoms with van der Waals surface area (Å²) in [6.45, 7) is 0. The van der Waals surface area contributed by atoms with Crippen LogP contribution in [0.5, 0.6) is 0 Å². The summed E-state index contributed by atoms with van der Waals surface area (Å²) in [4.78, 5) is 0. The quantitative estimate of drug-likeness (QED) is 0.322. The molecular weight excluding hydrogens is 240 g/mol. The SMILES string of the molecule is N=C(N)NN=Cc1cc(F)cc(C(F)(F)F)c1. The van der Waals surface area contributed by atoms with E-state index < -0.39 is 23.5 Å². The van der Waals surface area contributed by atoms with Crippen molar-refractivity contribution in [3.63, 3.8) is 0 Å². The van der Waals surface area contributed by atoms with Gasteiger partial charge in [0.05, 0.1) is 11.8 Å². The molecule has 0 heterocycles. The lowest BCUT2D eigenvalue weighted by molar-refractivity contribution is -0.137. The highest BCUT2D eigenvalue weighted by atomic mass is 19.4. The molecule has 0 radical (unpaired) electrons. The van der Waals surface area contributed by atoms with Gasteiger partial charge in [0.2, 0.25) is 5.96 Å². The van der Waals surface area contributed by atoms with E-state index in [9.17, 15) is 17.6 Å². The Bertz CT molecular complexity index is 453. The molecule has 0 aliphatic carbocycles. The van der Waals surface area contributed by atoms with Gasteiger partial charge in [0, 0.05) is 0 Å². The van der Waals surface area contributed by atoms with Crippen molar-refractivity contribution in [2.45, 2.75) is 6.18 Å². The van der Waals surface area contributed by atoms with Crippen LogP contribution in [0, 0.1) is 11.2 Å². The summed E-state index contributed by atoms with van der Waals surface area (Å²) in [5, 5.41) is 10.1. The van der Waals surface area contributed by atoms with Gasteiger partial charge in [-0.25, -0.2) is 9.82 Å². The Balaban J connectivity index is 2.98. The number of guanidine groups is 1. The highest BCUT2D eigenvalue weighted by Gasteiger charge is 2.31. The average Bonchev–Trinajstić information content (AvgIpc) is 2.14. The van der Waals surface area contributed by atoms with Gasteiger partial charge in [0.15, 0.2) is 0 Å². The molecule has 0 spiro atoms. The van der Waals surface area contributed by atoms with Gasteiger partial charge >= 0.3 is 6.18 Å². The molecule has 0 saturated heterocycles. The molecular formula is C9H8F4N4. The number of hydrogen-bond acceptors (Lipinski definition) is 2. The van der Waals surface area contributed by atoms with Gasteiger partial charge in [-0.05, 0) is 23.8 Å².